The van der Waals surface area contributed by atoms with E-state index in [9.17, 15) is 10.2 Å². The van der Waals surface area contributed by atoms with Gasteiger partial charge in [-0.1, -0.05) is 60.7 Å². The summed E-state index contributed by atoms with van der Waals surface area (Å²) in [6.45, 7) is 2.78. The van der Waals surface area contributed by atoms with E-state index in [4.69, 9.17) is 0 Å². The second-order valence-electron chi connectivity index (χ2n) is 8.37. The summed E-state index contributed by atoms with van der Waals surface area (Å²) >= 11 is 0. The van der Waals surface area contributed by atoms with Crippen LogP contribution in [-0.2, 0) is 6.54 Å². The molecule has 1 saturated heterocycles. The number of piperidine rings is 1. The molecule has 2 aromatic rings. The molecule has 1 aliphatic heterocycles. The molecular weight excluding hydrogens is 348 g/mol. The number of benzene rings is 2. The lowest BCUT2D eigenvalue weighted by Crippen LogP contribution is -2.57. The van der Waals surface area contributed by atoms with Gasteiger partial charge in [0.15, 0.2) is 0 Å². The van der Waals surface area contributed by atoms with Crippen molar-refractivity contribution in [3.63, 3.8) is 0 Å². The first-order valence-corrected chi connectivity index (χ1v) is 10.6. The van der Waals surface area contributed by atoms with Crippen LogP contribution in [0, 0.1) is 0 Å². The molecule has 0 unspecified atom stereocenters. The molecule has 2 aromatic carbocycles. The number of aliphatic hydroxyl groups is 2. The Balaban J connectivity index is 1.33. The molecule has 28 heavy (non-hydrogen) atoms. The van der Waals surface area contributed by atoms with Gasteiger partial charge >= 0.3 is 0 Å². The topological polar surface area (TPSA) is 55.7 Å². The summed E-state index contributed by atoms with van der Waals surface area (Å²) in [6, 6.07) is 21.2. The number of nitrogens with one attached hydrogen (secondary N) is 1. The molecule has 1 heterocycles. The van der Waals surface area contributed by atoms with Gasteiger partial charge in [0.2, 0.25) is 0 Å². The van der Waals surface area contributed by atoms with Crippen LogP contribution < -0.4 is 5.32 Å². The van der Waals surface area contributed by atoms with E-state index < -0.39 is 12.2 Å². The molecule has 2 aliphatic rings. The maximum Gasteiger partial charge on any atom is 0.0721 e. The maximum absolute atomic E-state index is 10.6. The minimum absolute atomic E-state index is 0.0282. The van der Waals surface area contributed by atoms with Crippen molar-refractivity contribution in [1.82, 2.24) is 10.2 Å². The zero-order chi connectivity index (χ0) is 19.3. The van der Waals surface area contributed by atoms with Crippen molar-refractivity contribution < 1.29 is 10.2 Å². The van der Waals surface area contributed by atoms with E-state index in [2.05, 4.69) is 52.7 Å². The van der Waals surface area contributed by atoms with Crippen LogP contribution in [0.25, 0.3) is 0 Å². The predicted octanol–water partition coefficient (Wildman–Crippen LogP) is 2.91. The van der Waals surface area contributed by atoms with Crippen LogP contribution in [0.4, 0.5) is 0 Å². The summed E-state index contributed by atoms with van der Waals surface area (Å²) < 4.78 is 0. The molecule has 0 radical (unpaired) electrons. The Morgan fingerprint density at radius 3 is 2.14 bits per heavy atom. The summed E-state index contributed by atoms with van der Waals surface area (Å²) in [7, 11) is 0. The van der Waals surface area contributed by atoms with Crippen LogP contribution in [0.5, 0.6) is 0 Å². The van der Waals surface area contributed by atoms with Crippen molar-refractivity contribution in [2.45, 2.75) is 62.4 Å². The largest absolute Gasteiger partial charge is 0.391 e. The Morgan fingerprint density at radius 2 is 1.46 bits per heavy atom. The van der Waals surface area contributed by atoms with Gasteiger partial charge in [0.1, 0.15) is 0 Å². The molecule has 0 bridgehead atoms. The molecule has 4 rings (SSSR count). The highest BCUT2D eigenvalue weighted by atomic mass is 16.3. The Labute approximate surface area is 168 Å². The lowest BCUT2D eigenvalue weighted by molar-refractivity contribution is -0.0489. The van der Waals surface area contributed by atoms with Crippen molar-refractivity contribution in [2.24, 2.45) is 0 Å². The van der Waals surface area contributed by atoms with Gasteiger partial charge in [-0.3, -0.25) is 4.90 Å². The van der Waals surface area contributed by atoms with E-state index in [-0.39, 0.29) is 12.1 Å². The lowest BCUT2D eigenvalue weighted by atomic mass is 9.82. The van der Waals surface area contributed by atoms with Crippen molar-refractivity contribution in [1.29, 1.82) is 0 Å². The summed E-state index contributed by atoms with van der Waals surface area (Å²) in [5.74, 6) is 0.621. The second kappa shape index (κ2) is 9.19. The first-order chi connectivity index (χ1) is 13.7. The fourth-order valence-electron chi connectivity index (χ4n) is 4.89. The van der Waals surface area contributed by atoms with Gasteiger partial charge in [-0.05, 0) is 49.4 Å². The first-order valence-electron chi connectivity index (χ1n) is 10.6. The normalized spacial score (nSPS) is 29.6. The maximum atomic E-state index is 10.6. The fourth-order valence-corrected chi connectivity index (χ4v) is 4.89. The average Bonchev–Trinajstić information content (AvgIpc) is 2.75. The highest BCUT2D eigenvalue weighted by Crippen LogP contribution is 2.32. The first kappa shape index (κ1) is 19.6. The van der Waals surface area contributed by atoms with Crippen LogP contribution in [0.3, 0.4) is 0 Å². The third kappa shape index (κ3) is 4.64. The van der Waals surface area contributed by atoms with Crippen LogP contribution in [0.2, 0.25) is 0 Å². The van der Waals surface area contributed by atoms with Crippen molar-refractivity contribution in [2.75, 3.05) is 13.1 Å². The Bertz CT molecular complexity index is 716. The van der Waals surface area contributed by atoms with Gasteiger partial charge < -0.3 is 15.5 Å². The van der Waals surface area contributed by atoms with E-state index in [0.717, 1.165) is 38.9 Å². The lowest BCUT2D eigenvalue weighted by Gasteiger charge is -2.45. The number of rotatable bonds is 5. The number of aliphatic hydroxyl groups excluding tert-OH is 2. The zero-order valence-electron chi connectivity index (χ0n) is 16.5. The highest BCUT2D eigenvalue weighted by molar-refractivity contribution is 5.20. The molecule has 0 aromatic heterocycles. The molecule has 0 spiro atoms. The molecule has 4 atom stereocenters. The molecule has 0 amide bonds. The number of hydrogen-bond acceptors (Lipinski definition) is 4. The van der Waals surface area contributed by atoms with Crippen molar-refractivity contribution in [3.8, 4) is 0 Å². The van der Waals surface area contributed by atoms with E-state index in [0.29, 0.717) is 12.3 Å². The van der Waals surface area contributed by atoms with Crippen LogP contribution in [-0.4, -0.2) is 52.5 Å². The molecule has 150 valence electrons. The van der Waals surface area contributed by atoms with Crippen molar-refractivity contribution in [3.05, 3.63) is 71.8 Å². The van der Waals surface area contributed by atoms with Crippen LogP contribution >= 0.6 is 0 Å². The molecule has 3 N–H and O–H groups in total. The second-order valence-corrected chi connectivity index (χ2v) is 8.37. The number of likely N-dealkylation sites (tertiary alicyclic amines) is 1. The summed E-state index contributed by atoms with van der Waals surface area (Å²) in [4.78, 5) is 2.45. The van der Waals surface area contributed by atoms with Crippen LogP contribution in [0.15, 0.2) is 60.7 Å². The Hall–Kier alpha value is -1.72. The minimum Gasteiger partial charge on any atom is -0.391 e. The third-order valence-corrected chi connectivity index (χ3v) is 6.57. The van der Waals surface area contributed by atoms with E-state index >= 15 is 0 Å². The van der Waals surface area contributed by atoms with E-state index in [1.54, 1.807) is 0 Å². The van der Waals surface area contributed by atoms with Gasteiger partial charge in [0.05, 0.1) is 12.2 Å². The number of nitrogens with zero attached hydrogens (tertiary/aromatic N) is 1. The summed E-state index contributed by atoms with van der Waals surface area (Å²) in [6.07, 6.45) is 2.59. The van der Waals surface area contributed by atoms with Gasteiger partial charge in [-0.15, -0.1) is 0 Å². The zero-order valence-corrected chi connectivity index (χ0v) is 16.5. The minimum atomic E-state index is -0.489. The fraction of sp³-hybridized carbons (Fsp3) is 0.500. The van der Waals surface area contributed by atoms with Gasteiger partial charge in [-0.25, -0.2) is 0 Å². The smallest absolute Gasteiger partial charge is 0.0721 e. The average molecular weight is 381 g/mol. The van der Waals surface area contributed by atoms with E-state index in [1.807, 2.05) is 18.2 Å². The molecule has 2 fully saturated rings. The highest BCUT2D eigenvalue weighted by Gasteiger charge is 2.39. The summed E-state index contributed by atoms with van der Waals surface area (Å²) in [5.41, 5.74) is 2.66. The quantitative estimate of drug-likeness (QED) is 0.747. The van der Waals surface area contributed by atoms with Gasteiger partial charge in [0.25, 0.3) is 0 Å². The predicted molar refractivity (Wildman–Crippen MR) is 112 cm³/mol. The van der Waals surface area contributed by atoms with Gasteiger partial charge in [-0.2, -0.15) is 0 Å². The Morgan fingerprint density at radius 1 is 0.821 bits per heavy atom. The van der Waals surface area contributed by atoms with Crippen LogP contribution in [0.1, 0.15) is 42.7 Å². The molecule has 1 saturated carbocycles. The molecular formula is C24H32N2O2. The van der Waals surface area contributed by atoms with E-state index in [1.165, 1.54) is 11.1 Å². The van der Waals surface area contributed by atoms with Crippen molar-refractivity contribution >= 4 is 0 Å². The SMILES string of the molecule is O[C@H]1C[C@H](O)[C@@H](N2CCC(c3ccccc3)CC2)C[C@@H]1NCc1ccccc1. The summed E-state index contributed by atoms with van der Waals surface area (Å²) in [5, 5.41) is 24.7. The molecule has 4 heteroatoms. The Kier molecular flexibility index (Phi) is 6.43. The monoisotopic (exact) mass is 380 g/mol. The molecule has 4 nitrogen and oxygen atoms in total. The third-order valence-electron chi connectivity index (χ3n) is 6.57. The number of hydrogen-bond donors (Lipinski definition) is 3. The standard InChI is InChI=1S/C24H32N2O2/c27-23-16-24(28)22(15-21(23)25-17-18-7-3-1-4-8-18)26-13-11-20(12-14-26)19-9-5-2-6-10-19/h1-10,20-25,27-28H,11-17H2/t21-,22-,23-,24-/m0/s1. The molecule has 1 aliphatic carbocycles. The van der Waals surface area contributed by atoms with Gasteiger partial charge in [0, 0.05) is 25.0 Å².